The van der Waals surface area contributed by atoms with Crippen molar-refractivity contribution in [2.45, 2.75) is 19.4 Å². The highest BCUT2D eigenvalue weighted by atomic mass is 16.5. The fourth-order valence-corrected chi connectivity index (χ4v) is 4.13. The van der Waals surface area contributed by atoms with Gasteiger partial charge in [-0.05, 0) is 48.7 Å². The Balaban J connectivity index is 1.68. The molecule has 1 unspecified atom stereocenters. The van der Waals surface area contributed by atoms with Crippen molar-refractivity contribution in [2.24, 2.45) is 0 Å². The molecule has 0 radical (unpaired) electrons. The first-order chi connectivity index (χ1) is 15.9. The van der Waals surface area contributed by atoms with Gasteiger partial charge in [0, 0.05) is 6.54 Å². The summed E-state index contributed by atoms with van der Waals surface area (Å²) in [4.78, 5) is 27.8. The van der Waals surface area contributed by atoms with Crippen molar-refractivity contribution in [2.75, 3.05) is 20.8 Å². The van der Waals surface area contributed by atoms with Gasteiger partial charge in [0.2, 0.25) is 5.78 Å². The SMILES string of the molecule is COc1ccc(CCN2C(=O)C(O)=C(C(=O)c3ccco3)C2c2cccc(C)c2)cc1OC. The van der Waals surface area contributed by atoms with Crippen LogP contribution in [0, 0.1) is 6.92 Å². The van der Waals surface area contributed by atoms with Crippen LogP contribution in [0.25, 0.3) is 0 Å². The summed E-state index contributed by atoms with van der Waals surface area (Å²) in [6, 6.07) is 15.5. The highest BCUT2D eigenvalue weighted by molar-refractivity contribution is 6.15. The molecule has 7 heteroatoms. The molecule has 1 aliphatic rings. The number of benzene rings is 2. The molecule has 0 aliphatic carbocycles. The largest absolute Gasteiger partial charge is 0.503 e. The maximum Gasteiger partial charge on any atom is 0.290 e. The molecule has 2 heterocycles. The lowest BCUT2D eigenvalue weighted by molar-refractivity contribution is -0.129. The molecule has 1 atom stereocenters. The molecule has 170 valence electrons. The van der Waals surface area contributed by atoms with E-state index in [9.17, 15) is 14.7 Å². The minimum Gasteiger partial charge on any atom is -0.503 e. The van der Waals surface area contributed by atoms with Gasteiger partial charge < -0.3 is 23.9 Å². The van der Waals surface area contributed by atoms with Gasteiger partial charge in [-0.15, -0.1) is 0 Å². The minimum absolute atomic E-state index is 0.0212. The van der Waals surface area contributed by atoms with E-state index in [1.807, 2.05) is 43.3 Å². The molecule has 0 fully saturated rings. The van der Waals surface area contributed by atoms with Crippen molar-refractivity contribution in [3.63, 3.8) is 0 Å². The van der Waals surface area contributed by atoms with Gasteiger partial charge in [0.25, 0.3) is 5.91 Å². The standard InChI is InChI=1S/C26H25NO6/c1-16-6-4-7-18(14-16)23-22(24(28)20-8-5-13-33-20)25(29)26(30)27(23)12-11-17-9-10-19(31-2)21(15-17)32-3/h4-10,13-15,23,29H,11-12H2,1-3H3. The topological polar surface area (TPSA) is 89.2 Å². The predicted molar refractivity (Wildman–Crippen MR) is 122 cm³/mol. The summed E-state index contributed by atoms with van der Waals surface area (Å²) < 4.78 is 15.9. The minimum atomic E-state index is -0.727. The van der Waals surface area contributed by atoms with Gasteiger partial charge in [0.05, 0.1) is 32.1 Å². The Morgan fingerprint density at radius 2 is 1.85 bits per heavy atom. The summed E-state index contributed by atoms with van der Waals surface area (Å²) in [7, 11) is 3.13. The number of methoxy groups -OCH3 is 2. The number of furan rings is 1. The molecule has 1 amide bonds. The van der Waals surface area contributed by atoms with Gasteiger partial charge in [-0.25, -0.2) is 0 Å². The van der Waals surface area contributed by atoms with Crippen LogP contribution in [0.3, 0.4) is 0 Å². The van der Waals surface area contributed by atoms with Crippen LogP contribution in [-0.2, 0) is 11.2 Å². The van der Waals surface area contributed by atoms with Crippen LogP contribution >= 0.6 is 0 Å². The molecule has 1 aromatic heterocycles. The Morgan fingerprint density at radius 3 is 2.52 bits per heavy atom. The zero-order chi connectivity index (χ0) is 23.5. The number of aliphatic hydroxyl groups excluding tert-OH is 1. The molecule has 33 heavy (non-hydrogen) atoms. The van der Waals surface area contributed by atoms with E-state index >= 15 is 0 Å². The summed E-state index contributed by atoms with van der Waals surface area (Å²) >= 11 is 0. The van der Waals surface area contributed by atoms with E-state index in [2.05, 4.69) is 0 Å². The molecule has 7 nitrogen and oxygen atoms in total. The number of aliphatic hydroxyl groups is 1. The third-order valence-corrected chi connectivity index (χ3v) is 5.74. The second-order valence-corrected chi connectivity index (χ2v) is 7.82. The average molecular weight is 447 g/mol. The number of ether oxygens (including phenoxy) is 2. The summed E-state index contributed by atoms with van der Waals surface area (Å²) in [6.07, 6.45) is 1.88. The van der Waals surface area contributed by atoms with Crippen LogP contribution in [0.2, 0.25) is 0 Å². The first-order valence-corrected chi connectivity index (χ1v) is 10.5. The molecule has 3 aromatic rings. The van der Waals surface area contributed by atoms with Crippen LogP contribution in [0.15, 0.2) is 76.6 Å². The Labute approximate surface area is 191 Å². The fourth-order valence-electron chi connectivity index (χ4n) is 4.13. The van der Waals surface area contributed by atoms with E-state index in [0.29, 0.717) is 17.9 Å². The molecule has 0 bridgehead atoms. The molecular weight excluding hydrogens is 422 g/mol. The highest BCUT2D eigenvalue weighted by Crippen LogP contribution is 2.39. The second-order valence-electron chi connectivity index (χ2n) is 7.82. The molecule has 0 saturated carbocycles. The average Bonchev–Trinajstić information content (AvgIpc) is 3.45. The van der Waals surface area contributed by atoms with Crippen LogP contribution in [0.4, 0.5) is 0 Å². The summed E-state index contributed by atoms with van der Waals surface area (Å²) in [6.45, 7) is 2.22. The molecule has 0 spiro atoms. The van der Waals surface area contributed by atoms with Gasteiger partial charge in [0.1, 0.15) is 0 Å². The van der Waals surface area contributed by atoms with Gasteiger partial charge >= 0.3 is 0 Å². The third-order valence-electron chi connectivity index (χ3n) is 5.74. The molecule has 4 rings (SSSR count). The van der Waals surface area contributed by atoms with E-state index in [4.69, 9.17) is 13.9 Å². The van der Waals surface area contributed by atoms with Crippen molar-refractivity contribution in [1.29, 1.82) is 0 Å². The monoisotopic (exact) mass is 447 g/mol. The number of carbonyl (C=O) groups excluding carboxylic acids is 2. The van der Waals surface area contributed by atoms with Crippen molar-refractivity contribution >= 4 is 11.7 Å². The smallest absolute Gasteiger partial charge is 0.290 e. The normalized spacial score (nSPS) is 15.8. The van der Waals surface area contributed by atoms with Gasteiger partial charge in [0.15, 0.2) is 23.0 Å². The Hall–Kier alpha value is -4.00. The predicted octanol–water partition coefficient (Wildman–Crippen LogP) is 4.43. The van der Waals surface area contributed by atoms with Crippen molar-refractivity contribution in [3.05, 3.63) is 94.6 Å². The van der Waals surface area contributed by atoms with E-state index in [1.54, 1.807) is 26.4 Å². The van der Waals surface area contributed by atoms with Crippen LogP contribution in [-0.4, -0.2) is 42.5 Å². The number of hydrogen-bond donors (Lipinski definition) is 1. The Bertz CT molecular complexity index is 1210. The number of Topliss-reactive ketones (excluding diaryl/α,β-unsaturated/α-hetero) is 1. The molecule has 1 N–H and O–H groups in total. The van der Waals surface area contributed by atoms with Gasteiger partial charge in [-0.2, -0.15) is 0 Å². The summed E-state index contributed by atoms with van der Waals surface area (Å²) in [5, 5.41) is 10.7. The highest BCUT2D eigenvalue weighted by Gasteiger charge is 2.44. The van der Waals surface area contributed by atoms with Crippen molar-refractivity contribution < 1.29 is 28.6 Å². The zero-order valence-electron chi connectivity index (χ0n) is 18.7. The lowest BCUT2D eigenvalue weighted by Crippen LogP contribution is -2.33. The van der Waals surface area contributed by atoms with Crippen LogP contribution in [0.1, 0.15) is 33.3 Å². The van der Waals surface area contributed by atoms with Gasteiger partial charge in [-0.3, -0.25) is 9.59 Å². The maximum atomic E-state index is 13.2. The number of amides is 1. The van der Waals surface area contributed by atoms with Gasteiger partial charge in [-0.1, -0.05) is 35.9 Å². The third kappa shape index (κ3) is 4.22. The summed E-state index contributed by atoms with van der Waals surface area (Å²) in [5.74, 6) is -0.365. The Kier molecular flexibility index (Phi) is 6.22. The maximum absolute atomic E-state index is 13.2. The number of rotatable bonds is 8. The Morgan fingerprint density at radius 1 is 1.06 bits per heavy atom. The second kappa shape index (κ2) is 9.24. The number of ketones is 1. The zero-order valence-corrected chi connectivity index (χ0v) is 18.7. The number of carbonyl (C=O) groups is 2. The quantitative estimate of drug-likeness (QED) is 0.514. The molecular formula is C26H25NO6. The number of nitrogens with zero attached hydrogens (tertiary/aromatic N) is 1. The fraction of sp³-hybridized carbons (Fsp3) is 0.231. The van der Waals surface area contributed by atoms with E-state index in [1.165, 1.54) is 17.2 Å². The van der Waals surface area contributed by atoms with Crippen LogP contribution < -0.4 is 9.47 Å². The van der Waals surface area contributed by atoms with Crippen molar-refractivity contribution in [1.82, 2.24) is 4.90 Å². The van der Waals surface area contributed by atoms with Crippen LogP contribution in [0.5, 0.6) is 11.5 Å². The van der Waals surface area contributed by atoms with E-state index < -0.39 is 23.5 Å². The number of aryl methyl sites for hydroxylation is 1. The lowest BCUT2D eigenvalue weighted by Gasteiger charge is -2.27. The van der Waals surface area contributed by atoms with E-state index in [0.717, 1.165) is 16.7 Å². The van der Waals surface area contributed by atoms with E-state index in [-0.39, 0.29) is 17.9 Å². The summed E-state index contributed by atoms with van der Waals surface area (Å²) in [5.41, 5.74) is 2.67. The molecule has 0 saturated heterocycles. The first kappa shape index (κ1) is 22.2. The number of hydrogen-bond acceptors (Lipinski definition) is 6. The molecule has 1 aliphatic heterocycles. The van der Waals surface area contributed by atoms with Crippen molar-refractivity contribution in [3.8, 4) is 11.5 Å². The molecule has 2 aromatic carbocycles. The first-order valence-electron chi connectivity index (χ1n) is 10.5. The lowest BCUT2D eigenvalue weighted by atomic mass is 9.94.